The van der Waals surface area contributed by atoms with E-state index in [0.717, 1.165) is 50.2 Å². The van der Waals surface area contributed by atoms with Gasteiger partial charge >= 0.3 is 6.18 Å². The molecular formula is C26H28F3N3O. The minimum atomic E-state index is -4.41. The Kier molecular flexibility index (Phi) is 6.58. The number of hydrogen-bond acceptors (Lipinski definition) is 3. The third kappa shape index (κ3) is 4.97. The number of carbonyl (C=O) groups excluding carboxylic acids is 1. The van der Waals surface area contributed by atoms with Crippen molar-refractivity contribution < 1.29 is 18.0 Å². The Hall–Kier alpha value is -3.09. The smallest absolute Gasteiger partial charge is 0.355 e. The second-order valence-corrected chi connectivity index (χ2v) is 8.67. The molecule has 4 nitrogen and oxygen atoms in total. The number of piperidine rings is 1. The van der Waals surface area contributed by atoms with E-state index < -0.39 is 11.7 Å². The summed E-state index contributed by atoms with van der Waals surface area (Å²) < 4.78 is 39.0. The third-order valence-electron chi connectivity index (χ3n) is 6.71. The van der Waals surface area contributed by atoms with Gasteiger partial charge in [0.1, 0.15) is 0 Å². The monoisotopic (exact) mass is 455 g/mol. The number of rotatable bonds is 5. The number of carbonyl (C=O) groups is 1. The molecule has 174 valence electrons. The third-order valence-corrected chi connectivity index (χ3v) is 6.71. The summed E-state index contributed by atoms with van der Waals surface area (Å²) in [7, 11) is 0. The second kappa shape index (κ2) is 9.41. The van der Waals surface area contributed by atoms with E-state index in [9.17, 15) is 18.0 Å². The Morgan fingerprint density at radius 1 is 1.06 bits per heavy atom. The van der Waals surface area contributed by atoms with Gasteiger partial charge in [0.2, 0.25) is 0 Å². The minimum absolute atomic E-state index is 0.0450. The average Bonchev–Trinajstić information content (AvgIpc) is 2.83. The number of alkyl halides is 3. The summed E-state index contributed by atoms with van der Waals surface area (Å²) in [5.74, 6) is 1.28. The van der Waals surface area contributed by atoms with Gasteiger partial charge < -0.3 is 10.2 Å². The quantitative estimate of drug-likeness (QED) is 0.455. The summed E-state index contributed by atoms with van der Waals surface area (Å²) in [5.41, 5.74) is 1.58. The lowest BCUT2D eigenvalue weighted by atomic mass is 9.82. The van der Waals surface area contributed by atoms with Crippen molar-refractivity contribution in [1.29, 1.82) is 0 Å². The van der Waals surface area contributed by atoms with Crippen molar-refractivity contribution in [1.82, 2.24) is 9.88 Å². The van der Waals surface area contributed by atoms with E-state index in [0.29, 0.717) is 28.5 Å². The number of anilines is 2. The van der Waals surface area contributed by atoms with Gasteiger partial charge in [0, 0.05) is 41.6 Å². The number of nitrogens with zero attached hydrogens (tertiary/aromatic N) is 2. The molecule has 0 saturated carbocycles. The molecule has 3 aromatic rings. The van der Waals surface area contributed by atoms with Crippen LogP contribution in [0.1, 0.15) is 49.0 Å². The topological polar surface area (TPSA) is 45.2 Å². The van der Waals surface area contributed by atoms with Crippen LogP contribution in [0.15, 0.2) is 54.7 Å². The number of pyridine rings is 1. The summed E-state index contributed by atoms with van der Waals surface area (Å²) in [5, 5.41) is 3.83. The highest BCUT2D eigenvalue weighted by Crippen LogP contribution is 2.33. The lowest BCUT2D eigenvalue weighted by Gasteiger charge is -2.38. The zero-order valence-electron chi connectivity index (χ0n) is 18.8. The van der Waals surface area contributed by atoms with Crippen molar-refractivity contribution in [2.75, 3.05) is 18.4 Å². The molecule has 1 aliphatic heterocycles. The number of hydrogen-bond donors (Lipinski definition) is 1. The predicted molar refractivity (Wildman–Crippen MR) is 125 cm³/mol. The molecule has 7 heteroatoms. The van der Waals surface area contributed by atoms with Gasteiger partial charge in [0.25, 0.3) is 5.91 Å². The maximum Gasteiger partial charge on any atom is 0.416 e. The van der Waals surface area contributed by atoms with Crippen molar-refractivity contribution in [3.63, 3.8) is 0 Å². The van der Waals surface area contributed by atoms with Crippen LogP contribution in [0.25, 0.3) is 10.9 Å². The molecule has 2 heterocycles. The molecule has 1 aliphatic rings. The summed E-state index contributed by atoms with van der Waals surface area (Å²) in [4.78, 5) is 19.1. The molecule has 1 amide bonds. The number of aromatic nitrogens is 1. The summed E-state index contributed by atoms with van der Waals surface area (Å²) in [6, 6.07) is 12.5. The molecule has 1 fully saturated rings. The predicted octanol–water partition coefficient (Wildman–Crippen LogP) is 6.90. The van der Waals surface area contributed by atoms with Gasteiger partial charge in [-0.3, -0.25) is 9.78 Å². The maximum absolute atomic E-state index is 13.0. The van der Waals surface area contributed by atoms with E-state index in [1.54, 1.807) is 18.2 Å². The van der Waals surface area contributed by atoms with Gasteiger partial charge in [-0.05, 0) is 60.7 Å². The molecule has 33 heavy (non-hydrogen) atoms. The Morgan fingerprint density at radius 3 is 2.45 bits per heavy atom. The number of benzene rings is 2. The fourth-order valence-corrected chi connectivity index (χ4v) is 4.73. The van der Waals surface area contributed by atoms with E-state index in [2.05, 4.69) is 24.1 Å². The molecule has 1 saturated heterocycles. The van der Waals surface area contributed by atoms with Crippen LogP contribution in [0.2, 0.25) is 0 Å². The van der Waals surface area contributed by atoms with Crippen LogP contribution in [0.4, 0.5) is 24.5 Å². The molecule has 0 spiro atoms. The summed E-state index contributed by atoms with van der Waals surface area (Å²) in [6.07, 6.45) is 0.348. The van der Waals surface area contributed by atoms with Crippen LogP contribution < -0.4 is 5.32 Å². The van der Waals surface area contributed by atoms with Crippen LogP contribution in [-0.4, -0.2) is 28.9 Å². The van der Waals surface area contributed by atoms with Gasteiger partial charge in [-0.2, -0.15) is 13.2 Å². The van der Waals surface area contributed by atoms with Gasteiger partial charge in [0.05, 0.1) is 11.1 Å². The lowest BCUT2D eigenvalue weighted by Crippen LogP contribution is -2.43. The molecule has 2 atom stereocenters. The van der Waals surface area contributed by atoms with Crippen molar-refractivity contribution >= 4 is 28.2 Å². The minimum Gasteiger partial charge on any atom is -0.355 e. The number of fused-ring (bicyclic) bond motifs is 1. The van der Waals surface area contributed by atoms with Gasteiger partial charge in [-0.1, -0.05) is 32.8 Å². The first kappa shape index (κ1) is 23.1. The van der Waals surface area contributed by atoms with Crippen LogP contribution in [0.5, 0.6) is 0 Å². The van der Waals surface area contributed by atoms with Gasteiger partial charge in [-0.25, -0.2) is 0 Å². The molecule has 1 N–H and O–H groups in total. The van der Waals surface area contributed by atoms with E-state index in [1.165, 1.54) is 12.3 Å². The van der Waals surface area contributed by atoms with E-state index >= 15 is 0 Å². The molecular weight excluding hydrogens is 427 g/mol. The Morgan fingerprint density at radius 2 is 1.79 bits per heavy atom. The highest BCUT2D eigenvalue weighted by Gasteiger charge is 2.31. The van der Waals surface area contributed by atoms with Gasteiger partial charge in [0.15, 0.2) is 0 Å². The SMILES string of the molecule is CCC1CCN(C(=O)c2ccc(Nc3ccnc4cc(C(F)(F)F)ccc34)cc2)CC1CC. The van der Waals surface area contributed by atoms with Gasteiger partial charge in [-0.15, -0.1) is 0 Å². The fraction of sp³-hybridized carbons (Fsp3) is 0.385. The van der Waals surface area contributed by atoms with E-state index in [4.69, 9.17) is 0 Å². The summed E-state index contributed by atoms with van der Waals surface area (Å²) in [6.45, 7) is 6.00. The normalized spacial score (nSPS) is 19.0. The van der Waals surface area contributed by atoms with Crippen LogP contribution in [-0.2, 0) is 6.18 Å². The lowest BCUT2D eigenvalue weighted by molar-refractivity contribution is -0.137. The zero-order chi connectivity index (χ0) is 23.6. The average molecular weight is 456 g/mol. The fourth-order valence-electron chi connectivity index (χ4n) is 4.73. The number of amides is 1. The van der Waals surface area contributed by atoms with Crippen LogP contribution in [0.3, 0.4) is 0 Å². The molecule has 0 aliphatic carbocycles. The second-order valence-electron chi connectivity index (χ2n) is 8.67. The van der Waals surface area contributed by atoms with Crippen molar-refractivity contribution in [2.24, 2.45) is 11.8 Å². The number of nitrogens with one attached hydrogen (secondary N) is 1. The van der Waals surface area contributed by atoms with Crippen LogP contribution in [0, 0.1) is 11.8 Å². The first-order valence-electron chi connectivity index (χ1n) is 11.4. The Balaban J connectivity index is 1.49. The molecule has 2 unspecified atom stereocenters. The zero-order valence-corrected chi connectivity index (χ0v) is 18.8. The van der Waals surface area contributed by atoms with Crippen LogP contribution >= 0.6 is 0 Å². The first-order valence-corrected chi connectivity index (χ1v) is 11.4. The Bertz CT molecular complexity index is 1130. The highest BCUT2D eigenvalue weighted by atomic mass is 19.4. The summed E-state index contributed by atoms with van der Waals surface area (Å²) >= 11 is 0. The van der Waals surface area contributed by atoms with Crippen molar-refractivity contribution in [3.8, 4) is 0 Å². The maximum atomic E-state index is 13.0. The molecule has 4 rings (SSSR count). The number of likely N-dealkylation sites (tertiary alicyclic amines) is 1. The van der Waals surface area contributed by atoms with E-state index in [-0.39, 0.29) is 11.4 Å². The largest absolute Gasteiger partial charge is 0.416 e. The van der Waals surface area contributed by atoms with Crippen molar-refractivity contribution in [3.05, 3.63) is 65.9 Å². The highest BCUT2D eigenvalue weighted by molar-refractivity contribution is 5.96. The van der Waals surface area contributed by atoms with E-state index in [1.807, 2.05) is 17.0 Å². The Labute approximate surface area is 191 Å². The molecule has 2 aromatic carbocycles. The first-order chi connectivity index (χ1) is 15.8. The molecule has 0 bridgehead atoms. The number of halogens is 3. The standard InChI is InChI=1S/C26H28F3N3O/c1-3-17-12-14-32(16-18(17)4-2)25(33)19-5-8-21(9-6-19)31-23-11-13-30-24-15-20(26(27,28)29)7-10-22(23)24/h5-11,13,15,17-18H,3-4,12,14,16H2,1-2H3,(H,30,31). The van der Waals surface area contributed by atoms with Crippen molar-refractivity contribution in [2.45, 2.75) is 39.3 Å². The molecule has 1 aromatic heterocycles. The molecule has 0 radical (unpaired) electrons.